The Morgan fingerprint density at radius 3 is 2.70 bits per heavy atom. The van der Waals surface area contributed by atoms with Crippen molar-refractivity contribution >= 4 is 23.5 Å². The van der Waals surface area contributed by atoms with Gasteiger partial charge in [0.15, 0.2) is 0 Å². The molecule has 3 nitrogen and oxygen atoms in total. The molecule has 3 atom stereocenters. The number of nitrogens with zero attached hydrogens (tertiary/aromatic N) is 3. The normalized spacial score (nSPS) is 30.6. The Bertz CT molecular complexity index is 1120. The van der Waals surface area contributed by atoms with Crippen LogP contribution in [0.15, 0.2) is 52.9 Å². The minimum Gasteiger partial charge on any atom is -0.309 e. The van der Waals surface area contributed by atoms with E-state index in [-0.39, 0.29) is 16.2 Å². The molecule has 2 aromatic carbocycles. The number of rotatable bonds is 2. The first kappa shape index (κ1) is 15.5. The van der Waals surface area contributed by atoms with Crippen molar-refractivity contribution in [2.45, 2.75) is 37.5 Å². The fraction of sp³-hybridized carbons (Fsp3) is 0.304. The smallest absolute Gasteiger partial charge is 0.150 e. The number of benzene rings is 2. The summed E-state index contributed by atoms with van der Waals surface area (Å²) in [4.78, 5) is 2.47. The van der Waals surface area contributed by atoms with Crippen LogP contribution in [0.5, 0.6) is 0 Å². The van der Waals surface area contributed by atoms with Gasteiger partial charge in [0.2, 0.25) is 0 Å². The Balaban J connectivity index is 1.73. The van der Waals surface area contributed by atoms with Crippen molar-refractivity contribution < 1.29 is 0 Å². The Morgan fingerprint density at radius 2 is 2.00 bits per heavy atom. The van der Waals surface area contributed by atoms with Crippen LogP contribution in [0.25, 0.3) is 11.1 Å². The molecule has 0 aromatic heterocycles. The van der Waals surface area contributed by atoms with Crippen LogP contribution in [-0.4, -0.2) is 11.2 Å². The molecule has 0 amide bonds. The number of amidine groups is 1. The lowest BCUT2D eigenvalue weighted by atomic mass is 9.48. The maximum Gasteiger partial charge on any atom is 0.150 e. The molecule has 6 rings (SSSR count). The van der Waals surface area contributed by atoms with Gasteiger partial charge in [-0.3, -0.25) is 0 Å². The first-order valence-corrected chi connectivity index (χ1v) is 10.5. The predicted octanol–water partition coefficient (Wildman–Crippen LogP) is 5.41. The topological polar surface area (TPSA) is 39.4 Å². The molecule has 0 fully saturated rings. The quantitative estimate of drug-likeness (QED) is 0.525. The molecule has 0 saturated carbocycles. The summed E-state index contributed by atoms with van der Waals surface area (Å²) in [5.41, 5.74) is 7.22. The highest BCUT2D eigenvalue weighted by Crippen LogP contribution is 2.69. The van der Waals surface area contributed by atoms with Crippen LogP contribution >= 0.6 is 11.9 Å². The molecular formula is C23H19N3S. The Hall–Kier alpha value is -2.51. The van der Waals surface area contributed by atoms with Gasteiger partial charge in [-0.1, -0.05) is 50.3 Å². The third kappa shape index (κ3) is 1.48. The van der Waals surface area contributed by atoms with Crippen molar-refractivity contribution in [2.24, 2.45) is 9.81 Å². The third-order valence-electron chi connectivity index (χ3n) is 7.22. The fourth-order valence-corrected chi connectivity index (χ4v) is 7.16. The van der Waals surface area contributed by atoms with E-state index in [1.54, 1.807) is 11.9 Å². The van der Waals surface area contributed by atoms with E-state index in [0.29, 0.717) is 5.56 Å². The van der Waals surface area contributed by atoms with E-state index in [0.717, 1.165) is 24.2 Å². The molecule has 0 spiro atoms. The SMILES string of the molecule is CCC12C=CC1(CC)C1SN=C3c4cc(C#N)ccc4-c4cccc2c4N31. The zero-order chi connectivity index (χ0) is 18.4. The third-order valence-corrected chi connectivity index (χ3v) is 8.33. The van der Waals surface area contributed by atoms with Gasteiger partial charge >= 0.3 is 0 Å². The van der Waals surface area contributed by atoms with Crippen molar-refractivity contribution in [3.8, 4) is 17.2 Å². The van der Waals surface area contributed by atoms with Crippen LogP contribution in [-0.2, 0) is 5.41 Å². The van der Waals surface area contributed by atoms with Gasteiger partial charge in [-0.05, 0) is 36.1 Å². The summed E-state index contributed by atoms with van der Waals surface area (Å²) in [6, 6.07) is 15.1. The molecule has 27 heavy (non-hydrogen) atoms. The van der Waals surface area contributed by atoms with Crippen LogP contribution in [0.4, 0.5) is 5.69 Å². The van der Waals surface area contributed by atoms with Gasteiger partial charge in [0.1, 0.15) is 11.2 Å². The van der Waals surface area contributed by atoms with Crippen molar-refractivity contribution in [3.63, 3.8) is 0 Å². The molecular weight excluding hydrogens is 350 g/mol. The molecule has 4 aliphatic rings. The number of anilines is 1. The molecule has 132 valence electrons. The summed E-state index contributed by atoms with van der Waals surface area (Å²) in [6.07, 6.45) is 7.08. The second-order valence-corrected chi connectivity index (χ2v) is 8.71. The number of hydrogen-bond acceptors (Lipinski definition) is 4. The van der Waals surface area contributed by atoms with E-state index < -0.39 is 0 Å². The van der Waals surface area contributed by atoms with Crippen LogP contribution in [0.1, 0.15) is 43.4 Å². The van der Waals surface area contributed by atoms with Crippen molar-refractivity contribution in [2.75, 3.05) is 4.90 Å². The first-order valence-electron chi connectivity index (χ1n) is 9.62. The summed E-state index contributed by atoms with van der Waals surface area (Å²) in [5.74, 6) is 1.02. The second kappa shape index (κ2) is 4.85. The Kier molecular flexibility index (Phi) is 2.79. The average Bonchev–Trinajstić information content (AvgIpc) is 3.14. The van der Waals surface area contributed by atoms with Gasteiger partial charge in [-0.15, -0.1) is 0 Å². The summed E-state index contributed by atoms with van der Waals surface area (Å²) in [6.45, 7) is 4.63. The highest BCUT2D eigenvalue weighted by Gasteiger charge is 2.65. The number of allylic oxidation sites excluding steroid dienone is 1. The maximum atomic E-state index is 9.40. The molecule has 3 heterocycles. The zero-order valence-electron chi connectivity index (χ0n) is 15.4. The molecule has 2 aromatic rings. The first-order chi connectivity index (χ1) is 13.2. The standard InChI is InChI=1S/C23H19N3S/c1-3-22-10-11-23(22,4-2)21-26-19-16(6-5-7-18(19)22)15-9-8-14(13-24)12-17(15)20(26)25-27-21/h5-12,21H,3-4H2,1-2H3. The van der Waals surface area contributed by atoms with Crippen LogP contribution in [0.3, 0.4) is 0 Å². The van der Waals surface area contributed by atoms with E-state index in [9.17, 15) is 5.26 Å². The van der Waals surface area contributed by atoms with E-state index in [1.807, 2.05) is 12.1 Å². The van der Waals surface area contributed by atoms with Gasteiger partial charge in [0.25, 0.3) is 0 Å². The van der Waals surface area contributed by atoms with Gasteiger partial charge in [-0.2, -0.15) is 9.66 Å². The Morgan fingerprint density at radius 1 is 1.11 bits per heavy atom. The largest absolute Gasteiger partial charge is 0.309 e. The lowest BCUT2D eigenvalue weighted by Gasteiger charge is -2.63. The molecule has 0 saturated heterocycles. The fourth-order valence-electron chi connectivity index (χ4n) is 5.83. The number of nitriles is 1. The van der Waals surface area contributed by atoms with E-state index >= 15 is 0 Å². The summed E-state index contributed by atoms with van der Waals surface area (Å²) < 4.78 is 4.95. The highest BCUT2D eigenvalue weighted by atomic mass is 32.2. The van der Waals surface area contributed by atoms with Crippen LogP contribution < -0.4 is 4.90 Å². The lowest BCUT2D eigenvalue weighted by molar-refractivity contribution is 0.156. The lowest BCUT2D eigenvalue weighted by Crippen LogP contribution is -2.63. The van der Waals surface area contributed by atoms with Gasteiger partial charge in [0.05, 0.1) is 17.3 Å². The van der Waals surface area contributed by atoms with Crippen molar-refractivity contribution in [1.29, 1.82) is 5.26 Å². The van der Waals surface area contributed by atoms with Crippen LogP contribution in [0.2, 0.25) is 0 Å². The average molecular weight is 369 g/mol. The molecule has 4 heteroatoms. The number of para-hydroxylation sites is 1. The van der Waals surface area contributed by atoms with Gasteiger partial charge in [-0.25, -0.2) is 0 Å². The molecule has 3 unspecified atom stereocenters. The van der Waals surface area contributed by atoms with E-state index in [2.05, 4.69) is 61.2 Å². The zero-order valence-corrected chi connectivity index (χ0v) is 16.2. The van der Waals surface area contributed by atoms with Crippen molar-refractivity contribution in [3.05, 3.63) is 65.2 Å². The number of fused-ring (bicyclic) bond motifs is 6. The highest BCUT2D eigenvalue weighted by molar-refractivity contribution is 7.99. The molecule has 0 N–H and O–H groups in total. The molecule has 3 aliphatic heterocycles. The second-order valence-electron chi connectivity index (χ2n) is 7.87. The van der Waals surface area contributed by atoms with Gasteiger partial charge in [0, 0.05) is 33.9 Å². The predicted molar refractivity (Wildman–Crippen MR) is 111 cm³/mol. The monoisotopic (exact) mass is 369 g/mol. The molecule has 1 aliphatic carbocycles. The van der Waals surface area contributed by atoms with Crippen LogP contribution in [0, 0.1) is 16.7 Å². The van der Waals surface area contributed by atoms with Gasteiger partial charge < -0.3 is 4.90 Å². The van der Waals surface area contributed by atoms with E-state index in [4.69, 9.17) is 4.40 Å². The summed E-state index contributed by atoms with van der Waals surface area (Å²) in [7, 11) is 0. The molecule has 0 radical (unpaired) electrons. The van der Waals surface area contributed by atoms with Crippen molar-refractivity contribution in [1.82, 2.24) is 0 Å². The summed E-state index contributed by atoms with van der Waals surface area (Å²) in [5, 5.41) is 9.68. The molecule has 0 bridgehead atoms. The maximum absolute atomic E-state index is 9.40. The number of hydrogen-bond donors (Lipinski definition) is 0. The minimum absolute atomic E-state index is 0.0936. The van der Waals surface area contributed by atoms with E-state index in [1.165, 1.54) is 22.4 Å². The summed E-state index contributed by atoms with van der Waals surface area (Å²) >= 11 is 1.71. The Labute approximate surface area is 163 Å². The minimum atomic E-state index is 0.0936.